The Hall–Kier alpha value is -3.64. The fourth-order valence-corrected chi connectivity index (χ4v) is 4.67. The molecule has 5 nitrogen and oxygen atoms in total. The summed E-state index contributed by atoms with van der Waals surface area (Å²) in [6.07, 6.45) is 3.98. The van der Waals surface area contributed by atoms with E-state index in [1.165, 1.54) is 5.56 Å². The average Bonchev–Trinajstić information content (AvgIpc) is 3.37. The first-order chi connectivity index (χ1) is 15.7. The monoisotopic (exact) mass is 440 g/mol. The van der Waals surface area contributed by atoms with Gasteiger partial charge in [-0.25, -0.2) is 4.98 Å². The van der Waals surface area contributed by atoms with E-state index in [0.717, 1.165) is 49.7 Å². The Morgan fingerprint density at radius 1 is 1.06 bits per heavy atom. The first-order valence-electron chi connectivity index (χ1n) is 10.6. The summed E-state index contributed by atoms with van der Waals surface area (Å²) in [5.74, 6) is 0.939. The number of anilines is 1. The van der Waals surface area contributed by atoms with Gasteiger partial charge in [-0.15, -0.1) is 0 Å². The molecule has 160 valence electrons. The Morgan fingerprint density at radius 2 is 1.91 bits per heavy atom. The van der Waals surface area contributed by atoms with Crippen LogP contribution in [0.4, 0.5) is 5.13 Å². The van der Waals surface area contributed by atoms with Crippen LogP contribution in [0.2, 0.25) is 0 Å². The van der Waals surface area contributed by atoms with Gasteiger partial charge in [0.2, 0.25) is 5.13 Å². The number of nitrogens with zero attached hydrogens (tertiary/aromatic N) is 3. The number of hydrazone groups is 1. The maximum Gasteiger partial charge on any atom is 0.204 e. The van der Waals surface area contributed by atoms with Crippen molar-refractivity contribution in [2.24, 2.45) is 5.10 Å². The molecule has 6 heteroatoms. The molecule has 0 saturated carbocycles. The van der Waals surface area contributed by atoms with E-state index in [9.17, 15) is 0 Å². The first-order valence-corrected chi connectivity index (χ1v) is 11.4. The molecular weight excluding hydrogens is 416 g/mol. The molecule has 32 heavy (non-hydrogen) atoms. The summed E-state index contributed by atoms with van der Waals surface area (Å²) in [5.41, 5.74) is 8.69. The Bertz CT molecular complexity index is 1380. The number of thiazole rings is 1. The van der Waals surface area contributed by atoms with Crippen LogP contribution in [-0.4, -0.2) is 22.4 Å². The first kappa shape index (κ1) is 20.3. The number of hydrogen-bond donors (Lipinski definition) is 1. The van der Waals surface area contributed by atoms with E-state index in [4.69, 9.17) is 4.74 Å². The van der Waals surface area contributed by atoms with E-state index >= 15 is 0 Å². The molecule has 0 fully saturated rings. The van der Waals surface area contributed by atoms with Crippen LogP contribution < -0.4 is 10.2 Å². The van der Waals surface area contributed by atoms with E-state index in [1.54, 1.807) is 11.3 Å². The molecule has 0 aliphatic rings. The van der Waals surface area contributed by atoms with Crippen LogP contribution >= 0.6 is 11.3 Å². The third-order valence-electron chi connectivity index (χ3n) is 5.40. The van der Waals surface area contributed by atoms with Gasteiger partial charge in [0.05, 0.1) is 23.0 Å². The van der Waals surface area contributed by atoms with Crippen LogP contribution in [-0.2, 0) is 6.54 Å². The topological polar surface area (TPSA) is 51.4 Å². The highest BCUT2D eigenvalue weighted by atomic mass is 32.1. The molecular formula is C26H24N4OS. The van der Waals surface area contributed by atoms with Gasteiger partial charge in [-0.3, -0.25) is 5.43 Å². The average molecular weight is 441 g/mol. The number of ether oxygens (including phenoxy) is 1. The van der Waals surface area contributed by atoms with Crippen molar-refractivity contribution in [3.8, 4) is 5.75 Å². The van der Waals surface area contributed by atoms with Crippen molar-refractivity contribution < 1.29 is 4.74 Å². The fourth-order valence-electron chi connectivity index (χ4n) is 3.86. The van der Waals surface area contributed by atoms with Crippen molar-refractivity contribution in [1.29, 1.82) is 0 Å². The summed E-state index contributed by atoms with van der Waals surface area (Å²) in [6, 6.07) is 22.7. The van der Waals surface area contributed by atoms with Crippen LogP contribution in [0.5, 0.6) is 5.75 Å². The maximum atomic E-state index is 6.05. The third kappa shape index (κ3) is 4.22. The van der Waals surface area contributed by atoms with Gasteiger partial charge in [-0.1, -0.05) is 59.4 Å². The van der Waals surface area contributed by atoms with Gasteiger partial charge in [-0.05, 0) is 43.7 Å². The Balaban J connectivity index is 1.31. The second-order valence-corrected chi connectivity index (χ2v) is 8.80. The molecule has 2 aromatic heterocycles. The molecule has 0 saturated heterocycles. The van der Waals surface area contributed by atoms with Crippen molar-refractivity contribution >= 4 is 43.8 Å². The zero-order chi connectivity index (χ0) is 21.9. The van der Waals surface area contributed by atoms with Crippen molar-refractivity contribution in [2.45, 2.75) is 20.4 Å². The van der Waals surface area contributed by atoms with Gasteiger partial charge in [0.1, 0.15) is 12.4 Å². The van der Waals surface area contributed by atoms with Crippen molar-refractivity contribution in [1.82, 2.24) is 9.55 Å². The smallest absolute Gasteiger partial charge is 0.204 e. The highest BCUT2D eigenvalue weighted by Gasteiger charge is 2.08. The summed E-state index contributed by atoms with van der Waals surface area (Å²) < 4.78 is 9.41. The molecule has 0 amide bonds. The summed E-state index contributed by atoms with van der Waals surface area (Å²) in [5, 5.41) is 6.39. The molecule has 0 aliphatic heterocycles. The predicted molar refractivity (Wildman–Crippen MR) is 134 cm³/mol. The second kappa shape index (κ2) is 8.85. The molecule has 5 aromatic rings. The SMILES string of the molecule is Cc1ccc(OCCn2cc(C=NNc3nc4ccccc4s3)c3ccccc32)c(C)c1. The lowest BCUT2D eigenvalue weighted by Gasteiger charge is -2.11. The van der Waals surface area contributed by atoms with Crippen molar-refractivity contribution in [3.05, 3.63) is 89.6 Å². The van der Waals surface area contributed by atoms with Crippen LogP contribution in [0, 0.1) is 13.8 Å². The van der Waals surface area contributed by atoms with Gasteiger partial charge in [-0.2, -0.15) is 5.10 Å². The number of nitrogens with one attached hydrogen (secondary N) is 1. The number of aryl methyl sites for hydroxylation is 2. The highest BCUT2D eigenvalue weighted by Crippen LogP contribution is 2.26. The Morgan fingerprint density at radius 3 is 2.78 bits per heavy atom. The van der Waals surface area contributed by atoms with Crippen LogP contribution in [0.15, 0.2) is 78.0 Å². The van der Waals surface area contributed by atoms with Crippen LogP contribution in [0.25, 0.3) is 21.1 Å². The number of aromatic nitrogens is 2. The van der Waals surface area contributed by atoms with E-state index < -0.39 is 0 Å². The number of rotatable bonds is 7. The largest absolute Gasteiger partial charge is 0.491 e. The molecule has 0 atom stereocenters. The van der Waals surface area contributed by atoms with Gasteiger partial charge < -0.3 is 9.30 Å². The number of hydrogen-bond acceptors (Lipinski definition) is 5. The van der Waals surface area contributed by atoms with E-state index in [0.29, 0.717) is 6.61 Å². The normalized spacial score (nSPS) is 11.6. The van der Waals surface area contributed by atoms with Gasteiger partial charge in [0.25, 0.3) is 0 Å². The van der Waals surface area contributed by atoms with Crippen molar-refractivity contribution in [2.75, 3.05) is 12.0 Å². The molecule has 0 bridgehead atoms. The maximum absolute atomic E-state index is 6.05. The molecule has 2 heterocycles. The second-order valence-electron chi connectivity index (χ2n) is 7.77. The molecule has 0 aliphatic carbocycles. The summed E-state index contributed by atoms with van der Waals surface area (Å²) in [4.78, 5) is 4.57. The molecule has 3 aromatic carbocycles. The Kier molecular flexibility index (Phi) is 5.60. The minimum Gasteiger partial charge on any atom is -0.491 e. The number of fused-ring (bicyclic) bond motifs is 2. The predicted octanol–water partition coefficient (Wildman–Crippen LogP) is 6.39. The summed E-state index contributed by atoms with van der Waals surface area (Å²) >= 11 is 1.59. The van der Waals surface area contributed by atoms with Crippen molar-refractivity contribution in [3.63, 3.8) is 0 Å². The van der Waals surface area contributed by atoms with Gasteiger partial charge in [0, 0.05) is 22.7 Å². The lowest BCUT2D eigenvalue weighted by Crippen LogP contribution is -2.08. The standard InChI is InChI=1S/C26H24N4OS/c1-18-11-12-24(19(2)15-18)31-14-13-30-17-20(21-7-3-5-9-23(21)30)16-27-29-26-28-22-8-4-6-10-25(22)32-26/h3-12,15-17H,13-14H2,1-2H3,(H,28,29). The summed E-state index contributed by atoms with van der Waals surface area (Å²) in [7, 11) is 0. The zero-order valence-electron chi connectivity index (χ0n) is 18.1. The minimum atomic E-state index is 0.600. The van der Waals surface area contributed by atoms with Gasteiger partial charge in [0.15, 0.2) is 0 Å². The van der Waals surface area contributed by atoms with E-state index in [-0.39, 0.29) is 0 Å². The minimum absolute atomic E-state index is 0.600. The van der Waals surface area contributed by atoms with Gasteiger partial charge >= 0.3 is 0 Å². The summed E-state index contributed by atoms with van der Waals surface area (Å²) in [6.45, 7) is 5.54. The van der Waals surface area contributed by atoms with Crippen LogP contribution in [0.1, 0.15) is 16.7 Å². The van der Waals surface area contributed by atoms with E-state index in [2.05, 4.69) is 82.6 Å². The molecule has 0 radical (unpaired) electrons. The molecule has 0 spiro atoms. The number of benzene rings is 3. The fraction of sp³-hybridized carbons (Fsp3) is 0.154. The molecule has 0 unspecified atom stereocenters. The zero-order valence-corrected chi connectivity index (χ0v) is 18.9. The third-order valence-corrected chi connectivity index (χ3v) is 6.34. The Labute approximate surface area is 191 Å². The lowest BCUT2D eigenvalue weighted by molar-refractivity contribution is 0.298. The highest BCUT2D eigenvalue weighted by molar-refractivity contribution is 7.22. The number of para-hydroxylation sites is 2. The molecule has 5 rings (SSSR count). The lowest BCUT2D eigenvalue weighted by atomic mass is 10.1. The molecule has 1 N–H and O–H groups in total. The quantitative estimate of drug-likeness (QED) is 0.236. The van der Waals surface area contributed by atoms with E-state index in [1.807, 2.05) is 30.5 Å². The van der Waals surface area contributed by atoms with Crippen LogP contribution in [0.3, 0.4) is 0 Å².